The Morgan fingerprint density at radius 2 is 1.47 bits per heavy atom. The molecule has 194 valence electrons. The number of para-hydroxylation sites is 1. The lowest BCUT2D eigenvalue weighted by Gasteiger charge is -2.36. The van der Waals surface area contributed by atoms with E-state index < -0.39 is 0 Å². The number of carbonyl (C=O) groups is 2. The van der Waals surface area contributed by atoms with Crippen LogP contribution in [0.2, 0.25) is 0 Å². The maximum absolute atomic E-state index is 13.8. The number of nitrogens with one attached hydrogen (secondary N) is 2. The zero-order valence-electron chi connectivity index (χ0n) is 21.7. The monoisotopic (exact) mass is 505 g/mol. The number of H-pyrrole nitrogens is 1. The highest BCUT2D eigenvalue weighted by Gasteiger charge is 2.39. The second-order valence-electron chi connectivity index (χ2n) is 10.8. The van der Waals surface area contributed by atoms with Crippen LogP contribution in [0.25, 0.3) is 10.9 Å². The third-order valence-electron chi connectivity index (χ3n) is 8.50. The Balaban J connectivity index is 1.16. The van der Waals surface area contributed by atoms with Crippen LogP contribution in [0.1, 0.15) is 54.0 Å². The highest BCUT2D eigenvalue weighted by Crippen LogP contribution is 2.35. The first-order chi connectivity index (χ1) is 18.7. The first kappa shape index (κ1) is 24.5. The van der Waals surface area contributed by atoms with Gasteiger partial charge >= 0.3 is 0 Å². The van der Waals surface area contributed by atoms with E-state index in [1.54, 1.807) is 0 Å². The number of aromatic amines is 1. The molecule has 3 aromatic carbocycles. The predicted molar refractivity (Wildman–Crippen MR) is 151 cm³/mol. The van der Waals surface area contributed by atoms with Crippen molar-refractivity contribution in [1.29, 1.82) is 0 Å². The van der Waals surface area contributed by atoms with Crippen LogP contribution in [0.3, 0.4) is 0 Å². The standard InChI is InChI=1S/C33H35N3O2/c37-32(34-21-29(23-11-3-1-4-12-23)24-13-5-2-6-14-24)27-16-7-8-17-28(27)33(38)36-20-19-26-25-15-9-10-18-30(25)35-31(26)22-36/h1-6,9-15,18,27-29,35H,7-8,16-17,19-22H2,(H,34,37). The quantitative estimate of drug-likeness (QED) is 0.347. The molecule has 0 bridgehead atoms. The Morgan fingerprint density at radius 1 is 0.842 bits per heavy atom. The summed E-state index contributed by atoms with van der Waals surface area (Å²) in [5.74, 6) is -0.296. The van der Waals surface area contributed by atoms with Gasteiger partial charge in [-0.25, -0.2) is 0 Å². The van der Waals surface area contributed by atoms with E-state index in [1.807, 2.05) is 47.4 Å². The van der Waals surface area contributed by atoms with Crippen molar-refractivity contribution in [3.8, 4) is 0 Å². The summed E-state index contributed by atoms with van der Waals surface area (Å²) in [7, 11) is 0. The van der Waals surface area contributed by atoms with Crippen LogP contribution < -0.4 is 5.32 Å². The molecule has 2 heterocycles. The fourth-order valence-electron chi connectivity index (χ4n) is 6.49. The molecule has 0 radical (unpaired) electrons. The third-order valence-corrected chi connectivity index (χ3v) is 8.50. The Hall–Kier alpha value is -3.86. The number of hydrogen-bond acceptors (Lipinski definition) is 2. The van der Waals surface area contributed by atoms with Crippen molar-refractivity contribution in [1.82, 2.24) is 15.2 Å². The van der Waals surface area contributed by atoms with Crippen LogP contribution in [0.4, 0.5) is 0 Å². The molecular weight excluding hydrogens is 470 g/mol. The SMILES string of the molecule is O=C(NCC(c1ccccc1)c1ccccc1)C1CCCCC1C(=O)N1CCc2c([nH]c3ccccc23)C1. The first-order valence-electron chi connectivity index (χ1n) is 13.9. The van der Waals surface area contributed by atoms with E-state index in [4.69, 9.17) is 0 Å². The largest absolute Gasteiger partial charge is 0.357 e. The maximum atomic E-state index is 13.8. The second-order valence-corrected chi connectivity index (χ2v) is 10.8. The van der Waals surface area contributed by atoms with Crippen LogP contribution in [0.5, 0.6) is 0 Å². The third kappa shape index (κ3) is 4.85. The summed E-state index contributed by atoms with van der Waals surface area (Å²) in [5, 5.41) is 4.51. The molecule has 1 aliphatic heterocycles. The zero-order valence-corrected chi connectivity index (χ0v) is 21.7. The van der Waals surface area contributed by atoms with Crippen molar-refractivity contribution in [2.45, 2.75) is 44.6 Å². The van der Waals surface area contributed by atoms with Gasteiger partial charge in [-0.1, -0.05) is 91.7 Å². The molecule has 4 aromatic rings. The number of carbonyl (C=O) groups excluding carboxylic acids is 2. The molecular formula is C33H35N3O2. The van der Waals surface area contributed by atoms with E-state index in [0.29, 0.717) is 19.6 Å². The summed E-state index contributed by atoms with van der Waals surface area (Å²) in [5.41, 5.74) is 5.95. The minimum absolute atomic E-state index is 0.0169. The number of aromatic nitrogens is 1. The Labute approximate surface area is 224 Å². The smallest absolute Gasteiger partial charge is 0.226 e. The molecule has 38 heavy (non-hydrogen) atoms. The summed E-state index contributed by atoms with van der Waals surface area (Å²) in [6.45, 7) is 1.83. The predicted octanol–water partition coefficient (Wildman–Crippen LogP) is 5.81. The van der Waals surface area contributed by atoms with E-state index in [1.165, 1.54) is 22.1 Å². The van der Waals surface area contributed by atoms with Crippen molar-refractivity contribution in [3.05, 3.63) is 107 Å². The summed E-state index contributed by atoms with van der Waals surface area (Å²) in [4.78, 5) is 32.9. The minimum Gasteiger partial charge on any atom is -0.357 e. The number of nitrogens with zero attached hydrogens (tertiary/aromatic N) is 1. The molecule has 2 atom stereocenters. The summed E-state index contributed by atoms with van der Waals surface area (Å²) >= 11 is 0. The van der Waals surface area contributed by atoms with Gasteiger partial charge in [0.15, 0.2) is 0 Å². The lowest BCUT2D eigenvalue weighted by molar-refractivity contribution is -0.144. The molecule has 2 amide bonds. The first-order valence-corrected chi connectivity index (χ1v) is 13.9. The molecule has 1 aliphatic carbocycles. The van der Waals surface area contributed by atoms with Gasteiger partial charge in [-0.05, 0) is 42.0 Å². The lowest BCUT2D eigenvalue weighted by Crippen LogP contribution is -2.47. The summed E-state index contributed by atoms with van der Waals surface area (Å²) in [6.07, 6.45) is 4.41. The van der Waals surface area contributed by atoms with Crippen LogP contribution in [-0.2, 0) is 22.6 Å². The molecule has 2 aliphatic rings. The highest BCUT2D eigenvalue weighted by molar-refractivity contribution is 5.89. The number of amides is 2. The van der Waals surface area contributed by atoms with Crippen LogP contribution in [-0.4, -0.2) is 34.8 Å². The van der Waals surface area contributed by atoms with E-state index in [-0.39, 0.29) is 29.6 Å². The molecule has 1 fully saturated rings. The molecule has 0 saturated heterocycles. The Morgan fingerprint density at radius 3 is 2.18 bits per heavy atom. The summed E-state index contributed by atoms with van der Waals surface area (Å²) in [6, 6.07) is 29.0. The number of fused-ring (bicyclic) bond motifs is 3. The van der Waals surface area contributed by atoms with E-state index in [0.717, 1.165) is 43.3 Å². The molecule has 2 unspecified atom stereocenters. The Bertz CT molecular complexity index is 1370. The fourth-order valence-corrected chi connectivity index (χ4v) is 6.49. The maximum Gasteiger partial charge on any atom is 0.226 e. The van der Waals surface area contributed by atoms with Crippen molar-refractivity contribution < 1.29 is 9.59 Å². The van der Waals surface area contributed by atoms with Crippen molar-refractivity contribution in [2.75, 3.05) is 13.1 Å². The highest BCUT2D eigenvalue weighted by atomic mass is 16.2. The topological polar surface area (TPSA) is 65.2 Å². The average molecular weight is 506 g/mol. The molecule has 5 heteroatoms. The molecule has 0 spiro atoms. The number of hydrogen-bond donors (Lipinski definition) is 2. The zero-order chi connectivity index (χ0) is 25.9. The van der Waals surface area contributed by atoms with E-state index in [9.17, 15) is 9.59 Å². The van der Waals surface area contributed by atoms with Crippen molar-refractivity contribution in [2.24, 2.45) is 11.8 Å². The van der Waals surface area contributed by atoms with Gasteiger partial charge in [-0.15, -0.1) is 0 Å². The van der Waals surface area contributed by atoms with Crippen LogP contribution >= 0.6 is 0 Å². The van der Waals surface area contributed by atoms with Gasteiger partial charge in [-0.3, -0.25) is 9.59 Å². The normalized spacial score (nSPS) is 19.3. The van der Waals surface area contributed by atoms with Gasteiger partial charge < -0.3 is 15.2 Å². The molecule has 6 rings (SSSR count). The fraction of sp³-hybridized carbons (Fsp3) is 0.333. The van der Waals surface area contributed by atoms with E-state index in [2.05, 4.69) is 52.8 Å². The van der Waals surface area contributed by atoms with Crippen LogP contribution in [0.15, 0.2) is 84.9 Å². The van der Waals surface area contributed by atoms with Gasteiger partial charge in [0.05, 0.1) is 6.54 Å². The molecule has 1 aromatic heterocycles. The van der Waals surface area contributed by atoms with Gasteiger partial charge in [0.1, 0.15) is 0 Å². The average Bonchev–Trinajstić information content (AvgIpc) is 3.36. The lowest BCUT2D eigenvalue weighted by atomic mass is 9.77. The summed E-state index contributed by atoms with van der Waals surface area (Å²) < 4.78 is 0. The minimum atomic E-state index is -0.271. The molecule has 2 N–H and O–H groups in total. The van der Waals surface area contributed by atoms with Crippen LogP contribution in [0, 0.1) is 11.8 Å². The van der Waals surface area contributed by atoms with Gasteiger partial charge in [0, 0.05) is 47.4 Å². The van der Waals surface area contributed by atoms with Gasteiger partial charge in [-0.2, -0.15) is 0 Å². The molecule has 5 nitrogen and oxygen atoms in total. The van der Waals surface area contributed by atoms with E-state index >= 15 is 0 Å². The van der Waals surface area contributed by atoms with Gasteiger partial charge in [0.25, 0.3) is 0 Å². The second kappa shape index (κ2) is 10.9. The number of rotatable bonds is 6. The number of benzene rings is 3. The van der Waals surface area contributed by atoms with Crippen molar-refractivity contribution in [3.63, 3.8) is 0 Å². The Kier molecular flexibility index (Phi) is 7.00. The van der Waals surface area contributed by atoms with Gasteiger partial charge in [0.2, 0.25) is 11.8 Å². The van der Waals surface area contributed by atoms with Crippen molar-refractivity contribution >= 4 is 22.7 Å². The molecule has 1 saturated carbocycles.